The van der Waals surface area contributed by atoms with E-state index in [1.54, 1.807) is 0 Å². The van der Waals surface area contributed by atoms with Gasteiger partial charge in [-0.05, 0) is 23.8 Å². The van der Waals surface area contributed by atoms with Crippen LogP contribution in [0.3, 0.4) is 0 Å². The molecule has 1 nitrogen and oxygen atoms in total. The van der Waals surface area contributed by atoms with E-state index in [1.165, 1.54) is 12.3 Å². The van der Waals surface area contributed by atoms with Gasteiger partial charge in [-0.25, -0.2) is 0 Å². The Hall–Kier alpha value is -0.710. The number of alkyl halides is 3. The lowest BCUT2D eigenvalue weighted by Gasteiger charge is -2.05. The van der Waals surface area contributed by atoms with Crippen LogP contribution in [0.4, 0.5) is 13.2 Å². The zero-order valence-electron chi connectivity index (χ0n) is 6.67. The first-order valence-electron chi connectivity index (χ1n) is 3.67. The summed E-state index contributed by atoms with van der Waals surface area (Å²) in [6.07, 6.45) is -2.48. The van der Waals surface area contributed by atoms with Gasteiger partial charge in [0.1, 0.15) is 5.69 Å². The van der Waals surface area contributed by atoms with E-state index in [1.807, 2.05) is 0 Å². The monoisotopic (exact) mass is 207 g/mol. The fourth-order valence-corrected chi connectivity index (χ4v) is 1.13. The molecule has 0 N–H and O–H groups in total. The van der Waals surface area contributed by atoms with Gasteiger partial charge in [0.25, 0.3) is 0 Å². The first-order valence-corrected chi connectivity index (χ1v) is 4.30. The second-order valence-electron chi connectivity index (χ2n) is 2.52. The van der Waals surface area contributed by atoms with Gasteiger partial charge in [-0.3, -0.25) is 4.98 Å². The Kier molecular flexibility index (Phi) is 3.19. The molecule has 0 saturated carbocycles. The maximum atomic E-state index is 12.0. The second-order valence-corrected chi connectivity index (χ2v) is 2.97. The summed E-state index contributed by atoms with van der Waals surface area (Å²) in [6, 6.07) is 2.41. The molecule has 0 radical (unpaired) electrons. The third-order valence-electron chi connectivity index (χ3n) is 1.52. The predicted octanol–water partition coefficient (Wildman–Crippen LogP) is 2.57. The van der Waals surface area contributed by atoms with E-state index >= 15 is 0 Å². The summed E-state index contributed by atoms with van der Waals surface area (Å²) in [6.45, 7) is 0. The van der Waals surface area contributed by atoms with E-state index in [4.69, 9.17) is 0 Å². The van der Waals surface area contributed by atoms with E-state index in [0.29, 0.717) is 12.2 Å². The minimum atomic E-state index is -4.35. The zero-order chi connectivity index (χ0) is 9.90. The largest absolute Gasteiger partial charge is 0.433 e. The Morgan fingerprint density at radius 3 is 2.38 bits per heavy atom. The quantitative estimate of drug-likeness (QED) is 0.735. The number of thiol groups is 1. The molecule has 0 saturated heterocycles. The van der Waals surface area contributed by atoms with Gasteiger partial charge in [0.2, 0.25) is 0 Å². The molecule has 5 heteroatoms. The molecular weight excluding hydrogens is 199 g/mol. The lowest BCUT2D eigenvalue weighted by Crippen LogP contribution is -2.07. The standard InChI is InChI=1S/C8H8F3NS/c9-8(10,11)7-2-1-6(3-4-13)5-12-7/h1-2,5,13H,3-4H2. The van der Waals surface area contributed by atoms with Crippen LogP contribution in [0.2, 0.25) is 0 Å². The number of aryl methyl sites for hydroxylation is 1. The molecule has 1 rings (SSSR count). The summed E-state index contributed by atoms with van der Waals surface area (Å²) in [5.41, 5.74) is -0.0848. The third kappa shape index (κ3) is 2.91. The number of aromatic nitrogens is 1. The normalized spacial score (nSPS) is 11.7. The van der Waals surface area contributed by atoms with Crippen LogP contribution in [-0.2, 0) is 12.6 Å². The molecule has 0 aliphatic carbocycles. The van der Waals surface area contributed by atoms with Crippen LogP contribution in [0.25, 0.3) is 0 Å². The average molecular weight is 207 g/mol. The molecule has 1 heterocycles. The third-order valence-corrected chi connectivity index (χ3v) is 1.74. The molecule has 0 amide bonds. The van der Waals surface area contributed by atoms with Crippen molar-refractivity contribution >= 4 is 12.6 Å². The molecule has 0 aliphatic heterocycles. The first-order chi connectivity index (χ1) is 6.04. The van der Waals surface area contributed by atoms with Gasteiger partial charge in [-0.2, -0.15) is 25.8 Å². The molecule has 0 unspecified atom stereocenters. The van der Waals surface area contributed by atoms with Crippen molar-refractivity contribution in [3.63, 3.8) is 0 Å². The van der Waals surface area contributed by atoms with Crippen molar-refractivity contribution in [2.75, 3.05) is 5.75 Å². The van der Waals surface area contributed by atoms with Gasteiger partial charge < -0.3 is 0 Å². The van der Waals surface area contributed by atoms with Crippen LogP contribution in [0.1, 0.15) is 11.3 Å². The molecule has 0 atom stereocenters. The number of rotatable bonds is 2. The SMILES string of the molecule is FC(F)(F)c1ccc(CCS)cn1. The zero-order valence-corrected chi connectivity index (χ0v) is 7.57. The predicted molar refractivity (Wildman–Crippen MR) is 46.8 cm³/mol. The maximum absolute atomic E-state index is 12.0. The van der Waals surface area contributed by atoms with Gasteiger partial charge in [-0.15, -0.1) is 0 Å². The van der Waals surface area contributed by atoms with E-state index in [-0.39, 0.29) is 0 Å². The number of pyridine rings is 1. The Balaban J connectivity index is 2.81. The highest BCUT2D eigenvalue weighted by atomic mass is 32.1. The van der Waals surface area contributed by atoms with Crippen molar-refractivity contribution in [3.8, 4) is 0 Å². The summed E-state index contributed by atoms with van der Waals surface area (Å²) in [4.78, 5) is 3.31. The topological polar surface area (TPSA) is 12.9 Å². The summed E-state index contributed by atoms with van der Waals surface area (Å²) >= 11 is 3.96. The number of halogens is 3. The Labute approximate surface area is 79.4 Å². The molecule has 0 fully saturated rings. The molecule has 72 valence electrons. The van der Waals surface area contributed by atoms with Gasteiger partial charge in [0.15, 0.2) is 0 Å². The molecule has 1 aromatic rings. The average Bonchev–Trinajstić information content (AvgIpc) is 2.04. The van der Waals surface area contributed by atoms with Gasteiger partial charge >= 0.3 is 6.18 Å². The van der Waals surface area contributed by atoms with Gasteiger partial charge in [0.05, 0.1) is 0 Å². The fourth-order valence-electron chi connectivity index (χ4n) is 0.869. The van der Waals surface area contributed by atoms with Crippen molar-refractivity contribution in [1.82, 2.24) is 4.98 Å². The maximum Gasteiger partial charge on any atom is 0.433 e. The van der Waals surface area contributed by atoms with Crippen molar-refractivity contribution in [2.24, 2.45) is 0 Å². The highest BCUT2D eigenvalue weighted by molar-refractivity contribution is 7.80. The molecule has 13 heavy (non-hydrogen) atoms. The van der Waals surface area contributed by atoms with Crippen LogP contribution in [0, 0.1) is 0 Å². The van der Waals surface area contributed by atoms with Crippen LogP contribution < -0.4 is 0 Å². The Morgan fingerprint density at radius 1 is 1.31 bits per heavy atom. The Morgan fingerprint density at radius 2 is 2.00 bits per heavy atom. The smallest absolute Gasteiger partial charge is 0.252 e. The number of hydrogen-bond acceptors (Lipinski definition) is 2. The minimum Gasteiger partial charge on any atom is -0.252 e. The van der Waals surface area contributed by atoms with Crippen LogP contribution in [0.5, 0.6) is 0 Å². The summed E-state index contributed by atoms with van der Waals surface area (Å²) < 4.78 is 36.1. The van der Waals surface area contributed by atoms with Crippen molar-refractivity contribution < 1.29 is 13.2 Å². The van der Waals surface area contributed by atoms with Crippen LogP contribution >= 0.6 is 12.6 Å². The summed E-state index contributed by atoms with van der Waals surface area (Å²) in [7, 11) is 0. The molecule has 0 bridgehead atoms. The van der Waals surface area contributed by atoms with Gasteiger partial charge in [-0.1, -0.05) is 6.07 Å². The number of nitrogens with zero attached hydrogens (tertiary/aromatic N) is 1. The Bertz CT molecular complexity index is 268. The summed E-state index contributed by atoms with van der Waals surface area (Å²) in [5, 5.41) is 0. The van der Waals surface area contributed by atoms with E-state index in [0.717, 1.165) is 11.6 Å². The van der Waals surface area contributed by atoms with Crippen molar-refractivity contribution in [3.05, 3.63) is 29.6 Å². The molecule has 1 aromatic heterocycles. The molecular formula is C8H8F3NS. The highest BCUT2D eigenvalue weighted by Gasteiger charge is 2.31. The molecule has 0 spiro atoms. The van der Waals surface area contributed by atoms with Crippen LogP contribution in [0.15, 0.2) is 18.3 Å². The number of hydrogen-bond donors (Lipinski definition) is 1. The first kappa shape index (κ1) is 10.4. The highest BCUT2D eigenvalue weighted by Crippen LogP contribution is 2.27. The summed E-state index contributed by atoms with van der Waals surface area (Å²) in [5.74, 6) is 0.604. The lowest BCUT2D eigenvalue weighted by molar-refractivity contribution is -0.141. The van der Waals surface area contributed by atoms with E-state index in [2.05, 4.69) is 17.6 Å². The molecule has 0 aromatic carbocycles. The fraction of sp³-hybridized carbons (Fsp3) is 0.375. The van der Waals surface area contributed by atoms with Gasteiger partial charge in [0, 0.05) is 6.20 Å². The van der Waals surface area contributed by atoms with E-state index < -0.39 is 11.9 Å². The van der Waals surface area contributed by atoms with Crippen molar-refractivity contribution in [1.29, 1.82) is 0 Å². The minimum absolute atomic E-state index is 0.604. The van der Waals surface area contributed by atoms with Crippen LogP contribution in [-0.4, -0.2) is 10.7 Å². The molecule has 0 aliphatic rings. The lowest BCUT2D eigenvalue weighted by atomic mass is 10.2. The second kappa shape index (κ2) is 4.00. The van der Waals surface area contributed by atoms with Crippen molar-refractivity contribution in [2.45, 2.75) is 12.6 Å². The van der Waals surface area contributed by atoms with E-state index in [9.17, 15) is 13.2 Å².